The Morgan fingerprint density at radius 2 is 1.83 bits per heavy atom. The average Bonchev–Trinajstić information content (AvgIpc) is 3.27. The molecule has 0 saturated carbocycles. The van der Waals surface area contributed by atoms with Crippen LogP contribution < -0.4 is 5.32 Å². The van der Waals surface area contributed by atoms with Crippen molar-refractivity contribution in [1.82, 2.24) is 29.8 Å². The summed E-state index contributed by atoms with van der Waals surface area (Å²) in [6.45, 7) is 4.98. The van der Waals surface area contributed by atoms with Crippen LogP contribution >= 0.6 is 23.2 Å². The summed E-state index contributed by atoms with van der Waals surface area (Å²) in [5, 5.41) is 13.2. The van der Waals surface area contributed by atoms with Crippen molar-refractivity contribution < 1.29 is 4.79 Å². The molecule has 2 aromatic heterocycles. The van der Waals surface area contributed by atoms with Crippen LogP contribution in [0.3, 0.4) is 0 Å². The summed E-state index contributed by atoms with van der Waals surface area (Å²) in [5.41, 5.74) is 2.99. The molecule has 160 valence electrons. The lowest BCUT2D eigenvalue weighted by Crippen LogP contribution is -2.31. The van der Waals surface area contributed by atoms with Gasteiger partial charge in [-0.05, 0) is 64.7 Å². The number of rotatable bonds is 8. The average molecular weight is 449 g/mol. The molecular formula is C21H26Cl2N6O. The maximum absolute atomic E-state index is 12.9. The van der Waals surface area contributed by atoms with E-state index < -0.39 is 0 Å². The molecule has 9 heteroatoms. The number of carbonyl (C=O) groups excluding carboxylic acids is 1. The van der Waals surface area contributed by atoms with E-state index in [0.29, 0.717) is 22.4 Å². The Hall–Kier alpha value is -2.35. The molecule has 1 aromatic carbocycles. The lowest BCUT2D eigenvalue weighted by atomic mass is 10.0. The molecule has 0 bridgehead atoms. The van der Waals surface area contributed by atoms with E-state index in [9.17, 15) is 4.79 Å². The number of aromatic nitrogens is 4. The van der Waals surface area contributed by atoms with Crippen LogP contribution in [0.4, 0.5) is 0 Å². The Labute approximate surface area is 186 Å². The van der Waals surface area contributed by atoms with E-state index in [4.69, 9.17) is 23.2 Å². The van der Waals surface area contributed by atoms with Crippen LogP contribution in [0.5, 0.6) is 0 Å². The highest BCUT2D eigenvalue weighted by Gasteiger charge is 2.18. The van der Waals surface area contributed by atoms with Crippen LogP contribution in [0, 0.1) is 13.8 Å². The summed E-state index contributed by atoms with van der Waals surface area (Å²) < 4.78 is 3.43. The first kappa shape index (κ1) is 22.3. The van der Waals surface area contributed by atoms with Gasteiger partial charge in [-0.25, -0.2) is 4.68 Å². The summed E-state index contributed by atoms with van der Waals surface area (Å²) in [5.74, 6) is -0.223. The van der Waals surface area contributed by atoms with Gasteiger partial charge in [-0.3, -0.25) is 9.48 Å². The highest BCUT2D eigenvalue weighted by molar-refractivity contribution is 6.31. The molecule has 0 radical (unpaired) electrons. The topological polar surface area (TPSA) is 68.0 Å². The Bertz CT molecular complexity index is 1010. The fourth-order valence-electron chi connectivity index (χ4n) is 3.15. The molecule has 0 unspecified atom stereocenters. The molecule has 3 aromatic rings. The van der Waals surface area contributed by atoms with Gasteiger partial charge in [0, 0.05) is 11.2 Å². The smallest absolute Gasteiger partial charge is 0.272 e. The fraction of sp³-hybridized carbons (Fsp3) is 0.381. The highest BCUT2D eigenvalue weighted by atomic mass is 35.5. The van der Waals surface area contributed by atoms with Gasteiger partial charge in [0.05, 0.1) is 22.5 Å². The quantitative estimate of drug-likeness (QED) is 0.566. The molecule has 0 fully saturated rings. The fourth-order valence-corrected chi connectivity index (χ4v) is 3.41. The summed E-state index contributed by atoms with van der Waals surface area (Å²) in [4.78, 5) is 14.9. The van der Waals surface area contributed by atoms with Crippen LogP contribution in [0.15, 0.2) is 36.5 Å². The van der Waals surface area contributed by atoms with E-state index in [1.807, 2.05) is 52.2 Å². The summed E-state index contributed by atoms with van der Waals surface area (Å²) in [6, 6.07) is 9.10. The van der Waals surface area contributed by atoms with E-state index in [1.165, 1.54) is 0 Å². The number of nitrogens with zero attached hydrogens (tertiary/aromatic N) is 5. The van der Waals surface area contributed by atoms with Crippen molar-refractivity contribution in [2.45, 2.75) is 33.0 Å². The number of aryl methyl sites for hydroxylation is 1. The second-order valence-corrected chi connectivity index (χ2v) is 8.35. The largest absolute Gasteiger partial charge is 0.344 e. The molecule has 0 saturated heterocycles. The first-order valence-corrected chi connectivity index (χ1v) is 10.4. The van der Waals surface area contributed by atoms with Gasteiger partial charge in [0.2, 0.25) is 0 Å². The minimum atomic E-state index is -0.223. The summed E-state index contributed by atoms with van der Waals surface area (Å²) in [7, 11) is 4.02. The predicted molar refractivity (Wildman–Crippen MR) is 119 cm³/mol. The van der Waals surface area contributed by atoms with Crippen molar-refractivity contribution >= 4 is 29.1 Å². The van der Waals surface area contributed by atoms with E-state index in [-0.39, 0.29) is 11.9 Å². The molecule has 30 heavy (non-hydrogen) atoms. The minimum absolute atomic E-state index is 0.142. The molecule has 0 aliphatic carbocycles. The number of hydrogen-bond donors (Lipinski definition) is 1. The van der Waals surface area contributed by atoms with Gasteiger partial charge >= 0.3 is 0 Å². The molecule has 2 heterocycles. The first-order valence-electron chi connectivity index (χ1n) is 9.68. The normalized spacial score (nSPS) is 12.4. The van der Waals surface area contributed by atoms with Crippen molar-refractivity contribution in [3.63, 3.8) is 0 Å². The van der Waals surface area contributed by atoms with Crippen molar-refractivity contribution in [3.05, 3.63) is 69.2 Å². The Kier molecular flexibility index (Phi) is 7.18. The van der Waals surface area contributed by atoms with Gasteiger partial charge in [-0.2, -0.15) is 10.2 Å². The molecule has 0 aliphatic heterocycles. The van der Waals surface area contributed by atoms with Crippen LogP contribution in [0.25, 0.3) is 0 Å². The molecule has 3 rings (SSSR count). The molecule has 1 N–H and O–H groups in total. The molecule has 1 atom stereocenters. The monoisotopic (exact) mass is 448 g/mol. The van der Waals surface area contributed by atoms with E-state index in [0.717, 1.165) is 29.9 Å². The second kappa shape index (κ2) is 9.64. The highest BCUT2D eigenvalue weighted by Crippen LogP contribution is 2.21. The van der Waals surface area contributed by atoms with E-state index in [1.54, 1.807) is 21.6 Å². The third-order valence-electron chi connectivity index (χ3n) is 4.89. The molecule has 0 spiro atoms. The standard InChI is InChI=1S/C21H26Cl2N6O/c1-14-20(23)15(2)29(25-14)13-28-12-10-19(26-28)21(30)24-18(9-11-27(3)4)16-5-7-17(22)8-6-16/h5-8,10,12,18H,9,11,13H2,1-4H3,(H,24,30)/t18-/m1/s1. The zero-order chi connectivity index (χ0) is 21.8. The lowest BCUT2D eigenvalue weighted by molar-refractivity contribution is 0.0926. The Balaban J connectivity index is 1.72. The van der Waals surface area contributed by atoms with Crippen molar-refractivity contribution in [2.24, 2.45) is 0 Å². The predicted octanol–water partition coefficient (Wildman–Crippen LogP) is 3.93. The number of hydrogen-bond acceptors (Lipinski definition) is 4. The number of amides is 1. The van der Waals surface area contributed by atoms with Crippen molar-refractivity contribution in [2.75, 3.05) is 20.6 Å². The van der Waals surface area contributed by atoms with Gasteiger partial charge in [-0.15, -0.1) is 0 Å². The van der Waals surface area contributed by atoms with E-state index >= 15 is 0 Å². The van der Waals surface area contributed by atoms with Crippen LogP contribution in [0.1, 0.15) is 39.9 Å². The molecule has 1 amide bonds. The van der Waals surface area contributed by atoms with Crippen molar-refractivity contribution in [3.8, 4) is 0 Å². The number of nitrogens with one attached hydrogen (secondary N) is 1. The Morgan fingerprint density at radius 1 is 1.13 bits per heavy atom. The summed E-state index contributed by atoms with van der Waals surface area (Å²) in [6.07, 6.45) is 2.53. The maximum Gasteiger partial charge on any atom is 0.272 e. The number of benzene rings is 1. The third-order valence-corrected chi connectivity index (χ3v) is 5.69. The van der Waals surface area contributed by atoms with Gasteiger partial charge in [0.25, 0.3) is 5.91 Å². The van der Waals surface area contributed by atoms with E-state index in [2.05, 4.69) is 20.4 Å². The van der Waals surface area contributed by atoms with Gasteiger partial charge in [0.15, 0.2) is 0 Å². The minimum Gasteiger partial charge on any atom is -0.344 e. The van der Waals surface area contributed by atoms with Gasteiger partial charge in [-0.1, -0.05) is 35.3 Å². The lowest BCUT2D eigenvalue weighted by Gasteiger charge is -2.21. The number of carbonyl (C=O) groups is 1. The maximum atomic E-state index is 12.9. The molecular weight excluding hydrogens is 423 g/mol. The van der Waals surface area contributed by atoms with Crippen LogP contribution in [-0.4, -0.2) is 51.0 Å². The SMILES string of the molecule is Cc1nn(Cn2ccc(C(=O)N[C@H](CCN(C)C)c3ccc(Cl)cc3)n2)c(C)c1Cl. The summed E-state index contributed by atoms with van der Waals surface area (Å²) >= 11 is 12.2. The first-order chi connectivity index (χ1) is 14.2. The van der Waals surface area contributed by atoms with Crippen LogP contribution in [-0.2, 0) is 6.67 Å². The van der Waals surface area contributed by atoms with Crippen molar-refractivity contribution in [1.29, 1.82) is 0 Å². The van der Waals surface area contributed by atoms with Gasteiger partial charge < -0.3 is 10.2 Å². The third kappa shape index (κ3) is 5.41. The van der Waals surface area contributed by atoms with Gasteiger partial charge in [0.1, 0.15) is 12.4 Å². The van der Waals surface area contributed by atoms with Crippen LogP contribution in [0.2, 0.25) is 10.0 Å². The zero-order valence-electron chi connectivity index (χ0n) is 17.6. The zero-order valence-corrected chi connectivity index (χ0v) is 19.1. The molecule has 0 aliphatic rings. The molecule has 7 nitrogen and oxygen atoms in total. The number of halogens is 2. The second-order valence-electron chi connectivity index (χ2n) is 7.54. The Morgan fingerprint density at radius 3 is 2.43 bits per heavy atom.